The molecule has 2 heterocycles. The summed E-state index contributed by atoms with van der Waals surface area (Å²) in [5, 5.41) is 12.4. The highest BCUT2D eigenvalue weighted by atomic mass is 16.5. The molecule has 1 atom stereocenters. The molecule has 0 saturated carbocycles. The largest absolute Gasteiger partial charge is 0.496 e. The minimum atomic E-state index is -0.422. The number of pyridine rings is 1. The van der Waals surface area contributed by atoms with E-state index in [2.05, 4.69) is 58.6 Å². The van der Waals surface area contributed by atoms with Gasteiger partial charge in [-0.15, -0.1) is 0 Å². The van der Waals surface area contributed by atoms with E-state index in [4.69, 9.17) is 15.3 Å². The third-order valence-corrected chi connectivity index (χ3v) is 8.24. The average molecular weight is 661 g/mol. The molecule has 5 rings (SSSR count). The molecule has 0 radical (unpaired) electrons. The van der Waals surface area contributed by atoms with Crippen LogP contribution in [0.2, 0.25) is 0 Å². The number of nitrogens with one attached hydrogen (secondary N) is 3. The minimum absolute atomic E-state index is 0.0498. The number of rotatable bonds is 12. The molecule has 11 heteroatoms. The summed E-state index contributed by atoms with van der Waals surface area (Å²) in [5.74, 6) is 9.97. The molecular formula is C38H44N8O3. The molecule has 49 heavy (non-hydrogen) atoms. The highest BCUT2D eigenvalue weighted by Crippen LogP contribution is 2.34. The number of nitrogens with two attached hydrogens (primary N) is 1. The Kier molecular flexibility index (Phi) is 10.9. The number of hydrazine groups is 1. The van der Waals surface area contributed by atoms with Gasteiger partial charge < -0.3 is 20.1 Å². The second-order valence-corrected chi connectivity index (χ2v) is 12.7. The number of methoxy groups -OCH3 is 1. The summed E-state index contributed by atoms with van der Waals surface area (Å²) >= 11 is 0. The standard InChI is InChI=1S/C38H44N8O3/c1-7-27(38(3,4)5)22-36(46(39)28-12-14-32(48-6)25(2)20-28)45-37(47)43-31-13-15-33(30-11-9-8-10-29(30)31)49-24-26-16-17-41-34(21-26)44-35-23-40-18-19-42-35/h8-23,27H,7,24,39H2,1-6H3,(H,41,42,44)(H2,43,45,47)/b36-22-. The molecule has 254 valence electrons. The number of allylic oxidation sites excluding steroid dienone is 1. The predicted molar refractivity (Wildman–Crippen MR) is 196 cm³/mol. The maximum atomic E-state index is 13.6. The topological polar surface area (TPSA) is 140 Å². The van der Waals surface area contributed by atoms with E-state index in [1.54, 1.807) is 31.9 Å². The fourth-order valence-electron chi connectivity index (χ4n) is 5.57. The monoisotopic (exact) mass is 660 g/mol. The van der Waals surface area contributed by atoms with E-state index in [-0.39, 0.29) is 11.3 Å². The van der Waals surface area contributed by atoms with E-state index < -0.39 is 6.03 Å². The molecule has 2 amide bonds. The zero-order valence-electron chi connectivity index (χ0n) is 28.8. The SMILES string of the molecule is CCC(/C=C(/NC(=O)Nc1ccc(OCc2ccnc(Nc3cnccn3)c2)c2ccccc12)N(N)c1ccc(OC)c(C)c1)C(C)(C)C. The highest BCUT2D eigenvalue weighted by Gasteiger charge is 2.24. The Hall–Kier alpha value is -5.68. The Labute approximate surface area is 287 Å². The maximum Gasteiger partial charge on any atom is 0.324 e. The Morgan fingerprint density at radius 3 is 2.41 bits per heavy atom. The van der Waals surface area contributed by atoms with Crippen LogP contribution in [0.3, 0.4) is 0 Å². The predicted octanol–water partition coefficient (Wildman–Crippen LogP) is 8.08. The average Bonchev–Trinajstić information content (AvgIpc) is 3.09. The van der Waals surface area contributed by atoms with Crippen molar-refractivity contribution in [3.05, 3.63) is 115 Å². The lowest BCUT2D eigenvalue weighted by atomic mass is 9.79. The number of ether oxygens (including phenoxy) is 2. The van der Waals surface area contributed by atoms with Crippen molar-refractivity contribution in [2.24, 2.45) is 17.2 Å². The lowest BCUT2D eigenvalue weighted by molar-refractivity contribution is 0.253. The lowest BCUT2D eigenvalue weighted by Crippen LogP contribution is -2.42. The molecular weight excluding hydrogens is 616 g/mol. The van der Waals surface area contributed by atoms with Crippen LogP contribution in [0.15, 0.2) is 103 Å². The van der Waals surface area contributed by atoms with Crippen LogP contribution in [-0.4, -0.2) is 28.1 Å². The van der Waals surface area contributed by atoms with Crippen molar-refractivity contribution < 1.29 is 14.3 Å². The Morgan fingerprint density at radius 2 is 1.71 bits per heavy atom. The number of amides is 2. The zero-order chi connectivity index (χ0) is 35.0. The highest BCUT2D eigenvalue weighted by molar-refractivity contribution is 6.04. The summed E-state index contributed by atoms with van der Waals surface area (Å²) in [6.45, 7) is 10.9. The van der Waals surface area contributed by atoms with Gasteiger partial charge in [-0.3, -0.25) is 15.3 Å². The van der Waals surface area contributed by atoms with Crippen molar-refractivity contribution in [3.63, 3.8) is 0 Å². The number of carbonyl (C=O) groups excluding carboxylic acids is 1. The van der Waals surface area contributed by atoms with E-state index in [1.165, 1.54) is 5.01 Å². The number of carbonyl (C=O) groups is 1. The van der Waals surface area contributed by atoms with Gasteiger partial charge in [-0.2, -0.15) is 0 Å². The number of hydrogen-bond acceptors (Lipinski definition) is 9. The van der Waals surface area contributed by atoms with Crippen molar-refractivity contribution in [2.45, 2.75) is 47.6 Å². The van der Waals surface area contributed by atoms with Gasteiger partial charge in [0.2, 0.25) is 0 Å². The van der Waals surface area contributed by atoms with E-state index in [0.29, 0.717) is 41.2 Å². The zero-order valence-corrected chi connectivity index (χ0v) is 28.8. The van der Waals surface area contributed by atoms with Crippen molar-refractivity contribution in [1.29, 1.82) is 0 Å². The van der Waals surface area contributed by atoms with Crippen molar-refractivity contribution >= 4 is 39.8 Å². The number of aromatic nitrogens is 3. The number of benzene rings is 3. The second kappa shape index (κ2) is 15.5. The van der Waals surface area contributed by atoms with E-state index in [1.807, 2.05) is 79.7 Å². The van der Waals surface area contributed by atoms with Crippen LogP contribution in [-0.2, 0) is 6.61 Å². The van der Waals surface area contributed by atoms with Gasteiger partial charge in [0.15, 0.2) is 0 Å². The molecule has 0 bridgehead atoms. The number of fused-ring (bicyclic) bond motifs is 1. The van der Waals surface area contributed by atoms with Gasteiger partial charge in [0.25, 0.3) is 0 Å². The van der Waals surface area contributed by atoms with E-state index in [0.717, 1.165) is 34.1 Å². The number of aryl methyl sites for hydroxylation is 1. The first kappa shape index (κ1) is 34.6. The summed E-state index contributed by atoms with van der Waals surface area (Å²) in [4.78, 5) is 26.3. The molecule has 0 aliphatic carbocycles. The molecule has 0 saturated heterocycles. The molecule has 1 unspecified atom stereocenters. The number of anilines is 4. The summed E-state index contributed by atoms with van der Waals surface area (Å²) in [7, 11) is 1.63. The molecule has 5 aromatic rings. The molecule has 11 nitrogen and oxygen atoms in total. The quantitative estimate of drug-likeness (QED) is 0.0772. The second-order valence-electron chi connectivity index (χ2n) is 12.7. The van der Waals surface area contributed by atoms with Gasteiger partial charge in [0.05, 0.1) is 24.7 Å². The Balaban J connectivity index is 1.35. The molecule has 0 aliphatic rings. The van der Waals surface area contributed by atoms with E-state index in [9.17, 15) is 4.79 Å². The first-order chi connectivity index (χ1) is 23.5. The lowest BCUT2D eigenvalue weighted by Gasteiger charge is -2.30. The summed E-state index contributed by atoms with van der Waals surface area (Å²) in [5.41, 5.74) is 3.15. The Morgan fingerprint density at radius 1 is 0.959 bits per heavy atom. The summed E-state index contributed by atoms with van der Waals surface area (Å²) in [6, 6.07) is 20.5. The smallest absolute Gasteiger partial charge is 0.324 e. The van der Waals surface area contributed by atoms with Gasteiger partial charge in [-0.1, -0.05) is 52.0 Å². The summed E-state index contributed by atoms with van der Waals surface area (Å²) < 4.78 is 11.7. The third-order valence-electron chi connectivity index (χ3n) is 8.24. The molecule has 0 spiro atoms. The van der Waals surface area contributed by atoms with Crippen LogP contribution < -0.4 is 36.3 Å². The fourth-order valence-corrected chi connectivity index (χ4v) is 5.57. The first-order valence-corrected chi connectivity index (χ1v) is 16.2. The van der Waals surface area contributed by atoms with Crippen LogP contribution in [0, 0.1) is 18.3 Å². The van der Waals surface area contributed by atoms with Crippen LogP contribution in [0.5, 0.6) is 11.5 Å². The van der Waals surface area contributed by atoms with Gasteiger partial charge in [-0.05, 0) is 84.3 Å². The molecule has 5 N–H and O–H groups in total. The van der Waals surface area contributed by atoms with Crippen LogP contribution in [0.4, 0.5) is 27.8 Å². The number of hydrogen-bond donors (Lipinski definition) is 4. The number of nitrogens with zero attached hydrogens (tertiary/aromatic N) is 4. The van der Waals surface area contributed by atoms with Crippen molar-refractivity contribution in [1.82, 2.24) is 20.3 Å². The van der Waals surface area contributed by atoms with Crippen LogP contribution in [0.25, 0.3) is 10.8 Å². The van der Waals surface area contributed by atoms with Gasteiger partial charge >= 0.3 is 6.03 Å². The number of urea groups is 1. The first-order valence-electron chi connectivity index (χ1n) is 16.2. The molecule has 3 aromatic carbocycles. The fraction of sp³-hybridized carbons (Fsp3) is 0.263. The van der Waals surface area contributed by atoms with Crippen molar-refractivity contribution in [2.75, 3.05) is 22.8 Å². The normalized spacial score (nSPS) is 12.3. The van der Waals surface area contributed by atoms with Crippen molar-refractivity contribution in [3.8, 4) is 11.5 Å². The van der Waals surface area contributed by atoms with Gasteiger partial charge in [-0.25, -0.2) is 20.6 Å². The Bertz CT molecular complexity index is 1920. The van der Waals surface area contributed by atoms with Crippen LogP contribution in [0.1, 0.15) is 45.2 Å². The van der Waals surface area contributed by atoms with Crippen LogP contribution >= 0.6 is 0 Å². The van der Waals surface area contributed by atoms with E-state index >= 15 is 0 Å². The molecule has 2 aromatic heterocycles. The maximum absolute atomic E-state index is 13.6. The minimum Gasteiger partial charge on any atom is -0.496 e. The molecule has 0 aliphatic heterocycles. The molecule has 0 fully saturated rings. The van der Waals surface area contributed by atoms with Gasteiger partial charge in [0.1, 0.15) is 35.6 Å². The third kappa shape index (κ3) is 8.82. The summed E-state index contributed by atoms with van der Waals surface area (Å²) in [6.07, 6.45) is 9.47. The van der Waals surface area contributed by atoms with Gasteiger partial charge in [0, 0.05) is 29.4 Å².